The fourth-order valence-electron chi connectivity index (χ4n) is 1.88. The van der Waals surface area contributed by atoms with Crippen LogP contribution in [0.15, 0.2) is 24.3 Å². The van der Waals surface area contributed by atoms with Crippen LogP contribution in [0.25, 0.3) is 0 Å². The SMILES string of the molecule is Cc1c(CN)nnn1CCCCOc1ccc(Cl)cc1. The highest BCUT2D eigenvalue weighted by Gasteiger charge is 2.05. The van der Waals surface area contributed by atoms with Crippen molar-refractivity contribution >= 4 is 11.6 Å². The van der Waals surface area contributed by atoms with Crippen molar-refractivity contribution < 1.29 is 4.74 Å². The molecule has 0 aliphatic carbocycles. The number of hydrogen-bond acceptors (Lipinski definition) is 4. The summed E-state index contributed by atoms with van der Waals surface area (Å²) in [5, 5.41) is 8.83. The Morgan fingerprint density at radius 1 is 1.25 bits per heavy atom. The van der Waals surface area contributed by atoms with Crippen LogP contribution in [0, 0.1) is 6.92 Å². The van der Waals surface area contributed by atoms with Crippen molar-refractivity contribution in [1.82, 2.24) is 15.0 Å². The summed E-state index contributed by atoms with van der Waals surface area (Å²) in [6.45, 7) is 3.94. The maximum absolute atomic E-state index is 5.81. The molecule has 0 aliphatic rings. The highest BCUT2D eigenvalue weighted by atomic mass is 35.5. The second kappa shape index (κ2) is 7.26. The topological polar surface area (TPSA) is 66.0 Å². The van der Waals surface area contributed by atoms with E-state index in [1.54, 1.807) is 0 Å². The van der Waals surface area contributed by atoms with Crippen molar-refractivity contribution in [1.29, 1.82) is 0 Å². The molecule has 1 heterocycles. The number of aromatic nitrogens is 3. The lowest BCUT2D eigenvalue weighted by atomic mass is 10.3. The van der Waals surface area contributed by atoms with Gasteiger partial charge in [0.1, 0.15) is 5.75 Å². The van der Waals surface area contributed by atoms with Gasteiger partial charge in [-0.1, -0.05) is 16.8 Å². The number of aryl methyl sites for hydroxylation is 1. The summed E-state index contributed by atoms with van der Waals surface area (Å²) in [6.07, 6.45) is 1.95. The Labute approximate surface area is 123 Å². The highest BCUT2D eigenvalue weighted by Crippen LogP contribution is 2.15. The normalized spacial score (nSPS) is 10.8. The second-order valence-electron chi connectivity index (χ2n) is 4.56. The van der Waals surface area contributed by atoms with Gasteiger partial charge in [-0.2, -0.15) is 0 Å². The van der Waals surface area contributed by atoms with Gasteiger partial charge in [0.05, 0.1) is 18.0 Å². The van der Waals surface area contributed by atoms with E-state index in [0.717, 1.165) is 41.5 Å². The van der Waals surface area contributed by atoms with Gasteiger partial charge < -0.3 is 10.5 Å². The predicted molar refractivity (Wildman–Crippen MR) is 78.8 cm³/mol. The largest absolute Gasteiger partial charge is 0.494 e. The minimum atomic E-state index is 0.436. The summed E-state index contributed by atoms with van der Waals surface area (Å²) >= 11 is 5.81. The zero-order valence-electron chi connectivity index (χ0n) is 11.6. The number of halogens is 1. The first-order valence-corrected chi connectivity index (χ1v) is 7.06. The number of nitrogens with zero attached hydrogens (tertiary/aromatic N) is 3. The maximum Gasteiger partial charge on any atom is 0.119 e. The van der Waals surface area contributed by atoms with Crippen molar-refractivity contribution in [2.24, 2.45) is 5.73 Å². The van der Waals surface area contributed by atoms with E-state index in [0.29, 0.717) is 13.2 Å². The Kier molecular flexibility index (Phi) is 5.38. The van der Waals surface area contributed by atoms with Crippen molar-refractivity contribution in [3.8, 4) is 5.75 Å². The van der Waals surface area contributed by atoms with Crippen LogP contribution in [0.5, 0.6) is 5.75 Å². The maximum atomic E-state index is 5.81. The van der Waals surface area contributed by atoms with Gasteiger partial charge in [0.2, 0.25) is 0 Å². The molecule has 2 aromatic rings. The van der Waals surface area contributed by atoms with Crippen LogP contribution in [0.4, 0.5) is 0 Å². The summed E-state index contributed by atoms with van der Waals surface area (Å²) in [6, 6.07) is 7.39. The molecule has 2 N–H and O–H groups in total. The number of benzene rings is 1. The van der Waals surface area contributed by atoms with Gasteiger partial charge >= 0.3 is 0 Å². The highest BCUT2D eigenvalue weighted by molar-refractivity contribution is 6.30. The zero-order chi connectivity index (χ0) is 14.4. The van der Waals surface area contributed by atoms with E-state index in [1.807, 2.05) is 35.9 Å². The average molecular weight is 295 g/mol. The van der Waals surface area contributed by atoms with Gasteiger partial charge in [-0.15, -0.1) is 5.10 Å². The molecular weight excluding hydrogens is 276 g/mol. The van der Waals surface area contributed by atoms with E-state index in [9.17, 15) is 0 Å². The van der Waals surface area contributed by atoms with Gasteiger partial charge in [0.15, 0.2) is 0 Å². The number of unbranched alkanes of at least 4 members (excludes halogenated alkanes) is 1. The van der Waals surface area contributed by atoms with Crippen LogP contribution in [0.3, 0.4) is 0 Å². The molecular formula is C14H19ClN4O. The molecule has 0 atom stereocenters. The molecule has 0 saturated heterocycles. The summed E-state index contributed by atoms with van der Waals surface area (Å²) < 4.78 is 7.52. The third-order valence-corrected chi connectivity index (χ3v) is 3.37. The molecule has 0 saturated carbocycles. The first-order valence-electron chi connectivity index (χ1n) is 6.68. The average Bonchev–Trinajstić information content (AvgIpc) is 2.81. The quantitative estimate of drug-likeness (QED) is 0.797. The Morgan fingerprint density at radius 3 is 2.65 bits per heavy atom. The molecule has 1 aromatic heterocycles. The molecule has 0 amide bonds. The number of nitrogens with two attached hydrogens (primary N) is 1. The first kappa shape index (κ1) is 14.8. The number of ether oxygens (including phenoxy) is 1. The minimum absolute atomic E-state index is 0.436. The van der Waals surface area contributed by atoms with E-state index in [1.165, 1.54) is 0 Å². The van der Waals surface area contributed by atoms with Crippen molar-refractivity contribution in [3.05, 3.63) is 40.7 Å². The fourth-order valence-corrected chi connectivity index (χ4v) is 2.01. The Bertz CT molecular complexity index is 539. The molecule has 0 unspecified atom stereocenters. The molecule has 0 spiro atoms. The first-order chi connectivity index (χ1) is 9.70. The number of rotatable bonds is 7. The molecule has 20 heavy (non-hydrogen) atoms. The smallest absolute Gasteiger partial charge is 0.119 e. The molecule has 0 fully saturated rings. The van der Waals surface area contributed by atoms with Gasteiger partial charge in [-0.3, -0.25) is 0 Å². The fraction of sp³-hybridized carbons (Fsp3) is 0.429. The summed E-state index contributed by atoms with van der Waals surface area (Å²) in [5.74, 6) is 0.844. The molecule has 0 aliphatic heterocycles. The minimum Gasteiger partial charge on any atom is -0.494 e. The molecule has 5 nitrogen and oxygen atoms in total. The zero-order valence-corrected chi connectivity index (χ0v) is 12.3. The molecule has 1 aromatic carbocycles. The van der Waals surface area contributed by atoms with E-state index in [-0.39, 0.29) is 0 Å². The summed E-state index contributed by atoms with van der Waals surface area (Å²) in [5.41, 5.74) is 7.48. The molecule has 2 rings (SSSR count). The van der Waals surface area contributed by atoms with Crippen LogP contribution in [0.2, 0.25) is 5.02 Å². The Morgan fingerprint density at radius 2 is 2.00 bits per heavy atom. The third kappa shape index (κ3) is 3.95. The molecule has 6 heteroatoms. The van der Waals surface area contributed by atoms with Crippen molar-refractivity contribution in [2.45, 2.75) is 32.9 Å². The van der Waals surface area contributed by atoms with Crippen LogP contribution in [-0.4, -0.2) is 21.6 Å². The lowest BCUT2D eigenvalue weighted by Crippen LogP contribution is -2.06. The Balaban J connectivity index is 1.68. The van der Waals surface area contributed by atoms with E-state index in [2.05, 4.69) is 10.3 Å². The summed E-state index contributed by atoms with van der Waals surface area (Å²) in [7, 11) is 0. The van der Waals surface area contributed by atoms with Crippen LogP contribution < -0.4 is 10.5 Å². The van der Waals surface area contributed by atoms with E-state index >= 15 is 0 Å². The lowest BCUT2D eigenvalue weighted by Gasteiger charge is -2.07. The predicted octanol–water partition coefficient (Wildman–Crippen LogP) is 2.56. The monoisotopic (exact) mass is 294 g/mol. The number of hydrogen-bond donors (Lipinski definition) is 1. The Hall–Kier alpha value is -1.59. The van der Waals surface area contributed by atoms with Gasteiger partial charge in [-0.25, -0.2) is 4.68 Å². The van der Waals surface area contributed by atoms with Gasteiger partial charge in [-0.05, 0) is 44.0 Å². The third-order valence-electron chi connectivity index (χ3n) is 3.12. The summed E-state index contributed by atoms with van der Waals surface area (Å²) in [4.78, 5) is 0. The van der Waals surface area contributed by atoms with Crippen molar-refractivity contribution in [2.75, 3.05) is 6.61 Å². The second-order valence-corrected chi connectivity index (χ2v) is 4.99. The van der Waals surface area contributed by atoms with Crippen LogP contribution >= 0.6 is 11.6 Å². The van der Waals surface area contributed by atoms with Gasteiger partial charge in [0.25, 0.3) is 0 Å². The van der Waals surface area contributed by atoms with Crippen LogP contribution in [-0.2, 0) is 13.1 Å². The lowest BCUT2D eigenvalue weighted by molar-refractivity contribution is 0.301. The molecule has 0 bridgehead atoms. The van der Waals surface area contributed by atoms with Gasteiger partial charge in [0, 0.05) is 18.1 Å². The van der Waals surface area contributed by atoms with Crippen molar-refractivity contribution in [3.63, 3.8) is 0 Å². The van der Waals surface area contributed by atoms with Crippen LogP contribution in [0.1, 0.15) is 24.2 Å². The standard InChI is InChI=1S/C14H19ClN4O/c1-11-14(10-16)17-18-19(11)8-2-3-9-20-13-6-4-12(15)5-7-13/h4-7H,2-3,8-10,16H2,1H3. The molecule has 108 valence electrons. The van der Waals surface area contributed by atoms with E-state index < -0.39 is 0 Å². The molecule has 0 radical (unpaired) electrons. The van der Waals surface area contributed by atoms with E-state index in [4.69, 9.17) is 22.1 Å².